The zero-order valence-electron chi connectivity index (χ0n) is 8.56. The minimum absolute atomic E-state index is 0.369. The molecule has 0 nitrogen and oxygen atoms in total. The molecule has 0 bridgehead atoms. The first-order chi connectivity index (χ1) is 6.14. The molecule has 13 heavy (non-hydrogen) atoms. The highest BCUT2D eigenvalue weighted by Gasteiger charge is 2.26. The van der Waals surface area contributed by atoms with Crippen LogP contribution in [0.2, 0.25) is 0 Å². The summed E-state index contributed by atoms with van der Waals surface area (Å²) < 4.78 is 1.31. The molecule has 1 heterocycles. The molecular formula is C11H17BrS. The van der Waals surface area contributed by atoms with Crippen molar-refractivity contribution in [2.45, 2.75) is 45.4 Å². The van der Waals surface area contributed by atoms with E-state index < -0.39 is 0 Å². The minimum Gasteiger partial charge on any atom is -0.137 e. The quantitative estimate of drug-likeness (QED) is 0.717. The lowest BCUT2D eigenvalue weighted by Gasteiger charge is -2.27. The van der Waals surface area contributed by atoms with Gasteiger partial charge in [0.15, 0.2) is 0 Å². The van der Waals surface area contributed by atoms with E-state index in [1.807, 2.05) is 0 Å². The van der Waals surface area contributed by atoms with Gasteiger partial charge in [0.1, 0.15) is 0 Å². The monoisotopic (exact) mass is 260 g/mol. The van der Waals surface area contributed by atoms with Gasteiger partial charge in [0.25, 0.3) is 0 Å². The van der Waals surface area contributed by atoms with E-state index >= 15 is 0 Å². The number of thiophene rings is 1. The summed E-state index contributed by atoms with van der Waals surface area (Å²) in [6, 6.07) is 2.26. The Hall–Kier alpha value is 0.180. The van der Waals surface area contributed by atoms with Crippen LogP contribution < -0.4 is 0 Å². The van der Waals surface area contributed by atoms with Crippen molar-refractivity contribution in [1.29, 1.82) is 0 Å². The van der Waals surface area contributed by atoms with E-state index in [4.69, 9.17) is 0 Å². The standard InChI is InChI=1S/C11H17BrS/c1-4-7-11(3,5-2)9-6-8-13-10(9)12/h6,8H,4-5,7H2,1-3H3. The largest absolute Gasteiger partial charge is 0.137 e. The average Bonchev–Trinajstić information content (AvgIpc) is 2.52. The second-order valence-electron chi connectivity index (χ2n) is 3.77. The van der Waals surface area contributed by atoms with E-state index in [0.29, 0.717) is 5.41 Å². The summed E-state index contributed by atoms with van der Waals surface area (Å²) in [6.07, 6.45) is 3.75. The van der Waals surface area contributed by atoms with E-state index in [1.165, 1.54) is 28.6 Å². The summed E-state index contributed by atoms with van der Waals surface area (Å²) in [7, 11) is 0. The smallest absolute Gasteiger partial charge is 0.0735 e. The van der Waals surface area contributed by atoms with Gasteiger partial charge in [0.2, 0.25) is 0 Å². The summed E-state index contributed by atoms with van der Waals surface area (Å²) in [5, 5.41) is 2.17. The van der Waals surface area contributed by atoms with Gasteiger partial charge in [-0.3, -0.25) is 0 Å². The molecule has 74 valence electrons. The number of halogens is 1. The molecule has 0 saturated heterocycles. The fourth-order valence-electron chi connectivity index (χ4n) is 1.78. The lowest BCUT2D eigenvalue weighted by Crippen LogP contribution is -2.20. The Kier molecular flexibility index (Phi) is 3.99. The minimum atomic E-state index is 0.369. The number of rotatable bonds is 4. The van der Waals surface area contributed by atoms with Crippen molar-refractivity contribution in [2.75, 3.05) is 0 Å². The third-order valence-electron chi connectivity index (χ3n) is 2.85. The molecule has 0 N–H and O–H groups in total. The predicted octanol–water partition coefficient (Wildman–Crippen LogP) is 4.98. The first-order valence-electron chi connectivity index (χ1n) is 4.87. The molecule has 0 aromatic carbocycles. The Morgan fingerprint density at radius 3 is 2.54 bits per heavy atom. The van der Waals surface area contributed by atoms with Crippen molar-refractivity contribution in [2.24, 2.45) is 0 Å². The van der Waals surface area contributed by atoms with E-state index in [9.17, 15) is 0 Å². The molecule has 1 rings (SSSR count). The van der Waals surface area contributed by atoms with Crippen LogP contribution in [0.25, 0.3) is 0 Å². The average molecular weight is 261 g/mol. The van der Waals surface area contributed by atoms with Crippen LogP contribution in [0.5, 0.6) is 0 Å². The zero-order valence-corrected chi connectivity index (χ0v) is 11.0. The van der Waals surface area contributed by atoms with Crippen molar-refractivity contribution in [1.82, 2.24) is 0 Å². The highest BCUT2D eigenvalue weighted by molar-refractivity contribution is 9.11. The van der Waals surface area contributed by atoms with E-state index in [-0.39, 0.29) is 0 Å². The van der Waals surface area contributed by atoms with Crippen LogP contribution in [0.1, 0.15) is 45.6 Å². The summed E-state index contributed by atoms with van der Waals surface area (Å²) in [5.41, 5.74) is 1.86. The van der Waals surface area contributed by atoms with Crippen molar-refractivity contribution < 1.29 is 0 Å². The molecule has 0 radical (unpaired) electrons. The Morgan fingerprint density at radius 1 is 1.46 bits per heavy atom. The molecule has 1 aromatic rings. The lowest BCUT2D eigenvalue weighted by molar-refractivity contribution is 0.413. The first-order valence-corrected chi connectivity index (χ1v) is 6.54. The lowest BCUT2D eigenvalue weighted by atomic mass is 9.78. The Balaban J connectivity index is 2.95. The summed E-state index contributed by atoms with van der Waals surface area (Å²) in [5.74, 6) is 0. The molecule has 2 heteroatoms. The SMILES string of the molecule is CCCC(C)(CC)c1ccsc1Br. The normalized spacial score (nSPS) is 15.7. The highest BCUT2D eigenvalue weighted by atomic mass is 79.9. The molecule has 1 aromatic heterocycles. The number of hydrogen-bond acceptors (Lipinski definition) is 1. The van der Waals surface area contributed by atoms with Crippen LogP contribution in [-0.2, 0) is 5.41 Å². The molecule has 0 saturated carbocycles. The second kappa shape index (κ2) is 4.61. The molecular weight excluding hydrogens is 244 g/mol. The van der Waals surface area contributed by atoms with E-state index in [1.54, 1.807) is 11.3 Å². The van der Waals surface area contributed by atoms with Gasteiger partial charge in [0, 0.05) is 0 Å². The predicted molar refractivity (Wildman–Crippen MR) is 64.6 cm³/mol. The third-order valence-corrected chi connectivity index (χ3v) is 4.54. The zero-order chi connectivity index (χ0) is 9.90. The Bertz CT molecular complexity index is 267. The van der Waals surface area contributed by atoms with Crippen LogP contribution in [-0.4, -0.2) is 0 Å². The van der Waals surface area contributed by atoms with Gasteiger partial charge in [-0.2, -0.15) is 0 Å². The van der Waals surface area contributed by atoms with Gasteiger partial charge in [0.05, 0.1) is 3.79 Å². The van der Waals surface area contributed by atoms with Gasteiger partial charge in [-0.25, -0.2) is 0 Å². The van der Waals surface area contributed by atoms with Crippen LogP contribution in [0, 0.1) is 0 Å². The van der Waals surface area contributed by atoms with Crippen LogP contribution in [0.4, 0.5) is 0 Å². The van der Waals surface area contributed by atoms with Gasteiger partial charge in [-0.15, -0.1) is 11.3 Å². The van der Waals surface area contributed by atoms with Crippen LogP contribution >= 0.6 is 27.3 Å². The fraction of sp³-hybridized carbons (Fsp3) is 0.636. The Morgan fingerprint density at radius 2 is 2.15 bits per heavy atom. The van der Waals surface area contributed by atoms with Crippen LogP contribution in [0.15, 0.2) is 15.2 Å². The maximum Gasteiger partial charge on any atom is 0.0735 e. The van der Waals surface area contributed by atoms with Crippen molar-refractivity contribution in [3.8, 4) is 0 Å². The topological polar surface area (TPSA) is 0 Å². The number of hydrogen-bond donors (Lipinski definition) is 0. The summed E-state index contributed by atoms with van der Waals surface area (Å²) in [6.45, 7) is 6.90. The molecule has 1 atom stereocenters. The van der Waals surface area contributed by atoms with Gasteiger partial charge < -0.3 is 0 Å². The summed E-state index contributed by atoms with van der Waals surface area (Å²) >= 11 is 5.42. The molecule has 0 aliphatic carbocycles. The fourth-order valence-corrected chi connectivity index (χ4v) is 3.48. The second-order valence-corrected chi connectivity index (χ2v) is 6.01. The van der Waals surface area contributed by atoms with Crippen molar-refractivity contribution in [3.05, 3.63) is 20.8 Å². The highest BCUT2D eigenvalue weighted by Crippen LogP contribution is 2.39. The summed E-state index contributed by atoms with van der Waals surface area (Å²) in [4.78, 5) is 0. The molecule has 0 fully saturated rings. The maximum absolute atomic E-state index is 3.63. The Labute approximate surface area is 93.5 Å². The van der Waals surface area contributed by atoms with Crippen LogP contribution in [0.3, 0.4) is 0 Å². The van der Waals surface area contributed by atoms with E-state index in [0.717, 1.165) is 0 Å². The molecule has 0 amide bonds. The molecule has 1 unspecified atom stereocenters. The first kappa shape index (κ1) is 11.3. The maximum atomic E-state index is 3.63. The molecule has 0 aliphatic heterocycles. The third kappa shape index (κ3) is 2.35. The van der Waals surface area contributed by atoms with Gasteiger partial charge >= 0.3 is 0 Å². The van der Waals surface area contributed by atoms with Gasteiger partial charge in [-0.05, 0) is 51.2 Å². The van der Waals surface area contributed by atoms with Crippen molar-refractivity contribution in [3.63, 3.8) is 0 Å². The molecule has 0 spiro atoms. The van der Waals surface area contributed by atoms with Gasteiger partial charge in [-0.1, -0.05) is 27.2 Å². The molecule has 0 aliphatic rings. The van der Waals surface area contributed by atoms with E-state index in [2.05, 4.69) is 48.1 Å². The van der Waals surface area contributed by atoms with Crippen molar-refractivity contribution >= 4 is 27.3 Å².